The van der Waals surface area contributed by atoms with Crippen molar-refractivity contribution < 1.29 is 34.8 Å². The largest absolute Gasteiger partial charge is 0.508 e. The van der Waals surface area contributed by atoms with Crippen LogP contribution in [0, 0.1) is 11.8 Å². The molecule has 6 N–H and O–H groups in total. The number of nitrogens with two attached hydrogens (primary N) is 1. The molecule has 1 saturated heterocycles. The molecule has 11 nitrogen and oxygen atoms in total. The molecular formula is C31H41ClN4O7. The fraction of sp³-hybridized carbons (Fsp3) is 0.581. The Balaban J connectivity index is 1.55. The summed E-state index contributed by atoms with van der Waals surface area (Å²) in [6.07, 6.45) is 3.60. The van der Waals surface area contributed by atoms with Crippen LogP contribution in [0.1, 0.15) is 56.2 Å². The SMILES string of the molecule is CCC1CCCN1CN(CC)Cc1cc(O)c2c(c1Cl)C[C@H]1C[C@H]3[C@H](N(C)C)C(=O)C(C(N)=O)=C(O)[C@@]3(O)C(=O)C1=C2O. The lowest BCUT2D eigenvalue weighted by Gasteiger charge is -2.50. The fourth-order valence-electron chi connectivity index (χ4n) is 7.77. The Labute approximate surface area is 256 Å². The molecule has 0 spiro atoms. The number of carbonyl (C=O) groups is 3. The van der Waals surface area contributed by atoms with E-state index in [1.54, 1.807) is 14.1 Å². The third-order valence-electron chi connectivity index (χ3n) is 9.92. The van der Waals surface area contributed by atoms with Crippen molar-refractivity contribution >= 4 is 34.8 Å². The van der Waals surface area contributed by atoms with E-state index in [1.165, 1.54) is 17.4 Å². The molecule has 0 aromatic heterocycles. The van der Waals surface area contributed by atoms with Gasteiger partial charge in [-0.2, -0.15) is 0 Å². The molecule has 12 heteroatoms. The highest BCUT2D eigenvalue weighted by Gasteiger charge is 2.64. The standard InChI is InChI=1S/C31H41ClN4O7/c1-5-17-8-7-9-36(17)14-35(6-2)13-16-12-20(37)22-18(24(16)32)10-15-11-19-25(34(3)4)27(39)23(30(33)42)29(41)31(19,43)28(40)21(15)26(22)38/h12,15,17,19,25,37-38,41,43H,5-11,13-14H2,1-4H3,(H2,33,42)/t15-,17?,19-,25-,31-/m0/s1. The number of amides is 1. The van der Waals surface area contributed by atoms with Crippen LogP contribution in [0.4, 0.5) is 0 Å². The quantitative estimate of drug-likeness (QED) is 0.273. The lowest BCUT2D eigenvalue weighted by Crippen LogP contribution is -2.65. The van der Waals surface area contributed by atoms with Crippen LogP contribution >= 0.6 is 11.6 Å². The molecule has 4 aliphatic rings. The Bertz CT molecular complexity index is 1440. The molecule has 2 fully saturated rings. The van der Waals surface area contributed by atoms with E-state index >= 15 is 0 Å². The lowest BCUT2D eigenvalue weighted by molar-refractivity contribution is -0.153. The number of halogens is 1. The minimum Gasteiger partial charge on any atom is -0.508 e. The van der Waals surface area contributed by atoms with Gasteiger partial charge in [0, 0.05) is 29.1 Å². The molecule has 1 aromatic carbocycles. The maximum absolute atomic E-state index is 14.0. The fourth-order valence-corrected chi connectivity index (χ4v) is 8.05. The number of hydrogen-bond acceptors (Lipinski definition) is 10. The van der Waals surface area contributed by atoms with Gasteiger partial charge in [-0.15, -0.1) is 0 Å². The molecule has 1 amide bonds. The molecule has 43 heavy (non-hydrogen) atoms. The number of aliphatic hydroxyl groups is 3. The zero-order valence-electron chi connectivity index (χ0n) is 25.1. The van der Waals surface area contributed by atoms with E-state index in [9.17, 15) is 34.8 Å². The van der Waals surface area contributed by atoms with Crippen molar-refractivity contribution in [2.45, 2.75) is 70.2 Å². The van der Waals surface area contributed by atoms with Crippen molar-refractivity contribution in [1.82, 2.24) is 14.7 Å². The molecule has 5 atom stereocenters. The second-order valence-corrected chi connectivity index (χ2v) is 12.9. The number of hydrogen-bond donors (Lipinski definition) is 5. The van der Waals surface area contributed by atoms with Crippen LogP contribution in [-0.4, -0.2) is 104 Å². The third kappa shape index (κ3) is 4.85. The van der Waals surface area contributed by atoms with E-state index in [0.717, 1.165) is 32.6 Å². The van der Waals surface area contributed by atoms with Crippen molar-refractivity contribution in [3.63, 3.8) is 0 Å². The lowest BCUT2D eigenvalue weighted by atomic mass is 9.57. The van der Waals surface area contributed by atoms with Gasteiger partial charge in [0.1, 0.15) is 22.8 Å². The number of likely N-dealkylation sites (tertiary alicyclic amines) is 1. The van der Waals surface area contributed by atoms with Gasteiger partial charge >= 0.3 is 0 Å². The molecule has 1 unspecified atom stereocenters. The summed E-state index contributed by atoms with van der Waals surface area (Å²) in [6, 6.07) is 0.899. The first-order chi connectivity index (χ1) is 20.3. The number of benzene rings is 1. The molecule has 1 heterocycles. The highest BCUT2D eigenvalue weighted by atomic mass is 35.5. The first-order valence-electron chi connectivity index (χ1n) is 14.9. The molecule has 234 valence electrons. The molecule has 3 aliphatic carbocycles. The smallest absolute Gasteiger partial charge is 0.255 e. The maximum Gasteiger partial charge on any atom is 0.255 e. The van der Waals surface area contributed by atoms with E-state index in [0.29, 0.717) is 28.7 Å². The number of carbonyl (C=O) groups excluding carboxylic acids is 3. The van der Waals surface area contributed by atoms with Crippen molar-refractivity contribution in [2.24, 2.45) is 17.6 Å². The summed E-state index contributed by atoms with van der Waals surface area (Å²) in [6.45, 7) is 7.29. The number of aromatic hydroxyl groups is 1. The molecule has 1 aliphatic heterocycles. The average Bonchev–Trinajstić information content (AvgIpc) is 3.39. The zero-order valence-corrected chi connectivity index (χ0v) is 25.8. The van der Waals surface area contributed by atoms with Gasteiger partial charge in [-0.1, -0.05) is 25.4 Å². The highest BCUT2D eigenvalue weighted by Crippen LogP contribution is 2.53. The Morgan fingerprint density at radius 2 is 1.91 bits per heavy atom. The third-order valence-corrected chi connectivity index (χ3v) is 10.4. The van der Waals surface area contributed by atoms with Gasteiger partial charge in [0.05, 0.1) is 18.3 Å². The predicted molar refractivity (Wildman–Crippen MR) is 160 cm³/mol. The van der Waals surface area contributed by atoms with Crippen LogP contribution in [0.5, 0.6) is 5.75 Å². The van der Waals surface area contributed by atoms with E-state index in [2.05, 4.69) is 23.6 Å². The van der Waals surface area contributed by atoms with Crippen molar-refractivity contribution in [1.29, 1.82) is 0 Å². The molecule has 1 aromatic rings. The topological polar surface area (TPSA) is 168 Å². The molecule has 0 radical (unpaired) electrons. The van der Waals surface area contributed by atoms with E-state index in [4.69, 9.17) is 17.3 Å². The Morgan fingerprint density at radius 3 is 2.51 bits per heavy atom. The van der Waals surface area contributed by atoms with Crippen LogP contribution in [0.25, 0.3) is 5.76 Å². The van der Waals surface area contributed by atoms with Gasteiger partial charge < -0.3 is 26.2 Å². The van der Waals surface area contributed by atoms with E-state index in [1.807, 2.05) is 0 Å². The number of rotatable bonds is 8. The number of fused-ring (bicyclic) bond motifs is 3. The van der Waals surface area contributed by atoms with Crippen LogP contribution in [-0.2, 0) is 27.3 Å². The number of phenols is 1. The Morgan fingerprint density at radius 1 is 1.21 bits per heavy atom. The van der Waals surface area contributed by atoms with Crippen molar-refractivity contribution in [3.05, 3.63) is 44.7 Å². The summed E-state index contributed by atoms with van der Waals surface area (Å²) in [5, 5.41) is 45.7. The molecule has 5 rings (SSSR count). The van der Waals surface area contributed by atoms with Crippen LogP contribution in [0.15, 0.2) is 23.0 Å². The predicted octanol–water partition coefficient (Wildman–Crippen LogP) is 2.27. The monoisotopic (exact) mass is 616 g/mol. The molecular weight excluding hydrogens is 576 g/mol. The summed E-state index contributed by atoms with van der Waals surface area (Å²) >= 11 is 6.97. The number of nitrogens with zero attached hydrogens (tertiary/aromatic N) is 3. The minimum absolute atomic E-state index is 0.00122. The number of likely N-dealkylation sites (N-methyl/N-ethyl adjacent to an activating group) is 1. The first kappa shape index (κ1) is 31.5. The summed E-state index contributed by atoms with van der Waals surface area (Å²) in [7, 11) is 3.14. The first-order valence-corrected chi connectivity index (χ1v) is 15.3. The van der Waals surface area contributed by atoms with Gasteiger partial charge in [0.2, 0.25) is 5.78 Å². The zero-order chi connectivity index (χ0) is 31.5. The van der Waals surface area contributed by atoms with E-state index < -0.39 is 58.0 Å². The molecule has 1 saturated carbocycles. The van der Waals surface area contributed by atoms with Gasteiger partial charge in [-0.3, -0.25) is 29.1 Å². The second kappa shape index (κ2) is 11.5. The number of phenolic OH excluding ortho intramolecular Hbond substituents is 1. The van der Waals surface area contributed by atoms with Gasteiger partial charge in [-0.05, 0) is 82.4 Å². The minimum atomic E-state index is -2.67. The maximum atomic E-state index is 14.0. The second-order valence-electron chi connectivity index (χ2n) is 12.5. The molecule has 0 bridgehead atoms. The van der Waals surface area contributed by atoms with Crippen molar-refractivity contribution in [3.8, 4) is 5.75 Å². The Kier molecular flexibility index (Phi) is 8.43. The number of aliphatic hydroxyl groups excluding tert-OH is 2. The van der Waals surface area contributed by atoms with Crippen LogP contribution in [0.3, 0.4) is 0 Å². The highest BCUT2D eigenvalue weighted by molar-refractivity contribution is 6.32. The normalized spacial score (nSPS) is 29.4. The Hall–Kier alpha value is -2.96. The van der Waals surface area contributed by atoms with Crippen molar-refractivity contribution in [2.75, 3.05) is 33.9 Å². The summed E-state index contributed by atoms with van der Waals surface area (Å²) in [4.78, 5) is 45.6. The number of primary amides is 1. The average molecular weight is 617 g/mol. The van der Waals surface area contributed by atoms with E-state index in [-0.39, 0.29) is 29.7 Å². The number of Topliss-reactive ketones (excluding diaryl/α,β-unsaturated/α-hetero) is 2. The van der Waals surface area contributed by atoms with Gasteiger partial charge in [0.25, 0.3) is 5.91 Å². The van der Waals surface area contributed by atoms with Gasteiger partial charge in [-0.25, -0.2) is 0 Å². The van der Waals surface area contributed by atoms with Crippen LogP contribution in [0.2, 0.25) is 5.02 Å². The summed E-state index contributed by atoms with van der Waals surface area (Å²) in [5.74, 6) is -6.81. The number of ketones is 2. The van der Waals surface area contributed by atoms with Crippen LogP contribution < -0.4 is 5.73 Å². The summed E-state index contributed by atoms with van der Waals surface area (Å²) in [5.41, 5.74) is 2.84. The van der Waals surface area contributed by atoms with Gasteiger partial charge in [0.15, 0.2) is 11.4 Å². The summed E-state index contributed by atoms with van der Waals surface area (Å²) < 4.78 is 0.